The van der Waals surface area contributed by atoms with Crippen LogP contribution in [0.1, 0.15) is 5.56 Å². The molecule has 2 aromatic heterocycles. The Hall–Kier alpha value is -3.16. The van der Waals surface area contributed by atoms with E-state index in [0.29, 0.717) is 17.0 Å². The first-order valence-corrected chi connectivity index (χ1v) is 6.16. The summed E-state index contributed by atoms with van der Waals surface area (Å²) in [6, 6.07) is 7.50. The van der Waals surface area contributed by atoms with Gasteiger partial charge < -0.3 is 15.5 Å². The largest absolute Gasteiger partial charge is 0.497 e. The van der Waals surface area contributed by atoms with Gasteiger partial charge in [0.2, 0.25) is 5.95 Å². The molecule has 1 aromatic carbocycles. The number of aromatic nitrogens is 4. The second kappa shape index (κ2) is 5.45. The highest BCUT2D eigenvalue weighted by Crippen LogP contribution is 2.17. The maximum Gasteiger partial charge on any atom is 0.224 e. The van der Waals surface area contributed by atoms with Crippen LogP contribution < -0.4 is 15.9 Å². The van der Waals surface area contributed by atoms with Crippen LogP contribution >= 0.6 is 0 Å². The molecule has 0 unspecified atom stereocenters. The van der Waals surface area contributed by atoms with E-state index in [1.54, 1.807) is 13.3 Å². The lowest BCUT2D eigenvalue weighted by atomic mass is 10.2. The monoisotopic (exact) mass is 283 g/mol. The number of nitrogens with one attached hydrogen (secondary N) is 2. The number of benzene rings is 1. The van der Waals surface area contributed by atoms with Crippen LogP contribution in [0.25, 0.3) is 11.2 Å². The maximum absolute atomic E-state index is 5.62. The number of H-pyrrole nitrogens is 1. The van der Waals surface area contributed by atoms with Crippen LogP contribution in [0.4, 0.5) is 11.8 Å². The second-order valence-electron chi connectivity index (χ2n) is 4.17. The topological polar surface area (TPSA) is 114 Å². The quantitative estimate of drug-likeness (QED) is 0.492. The summed E-state index contributed by atoms with van der Waals surface area (Å²) in [4.78, 5) is 15.1. The minimum atomic E-state index is 0.147. The van der Waals surface area contributed by atoms with Crippen molar-refractivity contribution in [2.24, 2.45) is 5.10 Å². The summed E-state index contributed by atoms with van der Waals surface area (Å²) in [5.41, 5.74) is 10.5. The van der Waals surface area contributed by atoms with Gasteiger partial charge in [0.15, 0.2) is 17.0 Å². The highest BCUT2D eigenvalue weighted by atomic mass is 16.5. The van der Waals surface area contributed by atoms with Gasteiger partial charge in [-0.1, -0.05) is 0 Å². The van der Waals surface area contributed by atoms with Crippen LogP contribution in [0.3, 0.4) is 0 Å². The predicted octanol–water partition coefficient (Wildman–Crippen LogP) is 1.39. The molecule has 0 aliphatic carbocycles. The van der Waals surface area contributed by atoms with Gasteiger partial charge >= 0.3 is 0 Å². The minimum Gasteiger partial charge on any atom is -0.497 e. The first kappa shape index (κ1) is 12.9. The van der Waals surface area contributed by atoms with E-state index in [4.69, 9.17) is 10.5 Å². The Balaban J connectivity index is 1.79. The van der Waals surface area contributed by atoms with Crippen LogP contribution in [-0.4, -0.2) is 33.3 Å². The summed E-state index contributed by atoms with van der Waals surface area (Å²) in [5, 5.41) is 4.12. The van der Waals surface area contributed by atoms with Gasteiger partial charge in [0.1, 0.15) is 5.75 Å². The first-order chi connectivity index (χ1) is 10.3. The Labute approximate surface area is 120 Å². The van der Waals surface area contributed by atoms with Crippen LogP contribution in [0.5, 0.6) is 5.75 Å². The third-order valence-corrected chi connectivity index (χ3v) is 2.80. The van der Waals surface area contributed by atoms with Gasteiger partial charge in [0.25, 0.3) is 0 Å². The van der Waals surface area contributed by atoms with E-state index in [1.807, 2.05) is 24.3 Å². The van der Waals surface area contributed by atoms with Crippen molar-refractivity contribution in [3.05, 3.63) is 36.2 Å². The van der Waals surface area contributed by atoms with Crippen molar-refractivity contribution in [2.45, 2.75) is 0 Å². The van der Waals surface area contributed by atoms with Crippen molar-refractivity contribution in [1.82, 2.24) is 19.9 Å². The van der Waals surface area contributed by atoms with Gasteiger partial charge in [-0.3, -0.25) is 5.43 Å². The van der Waals surface area contributed by atoms with Gasteiger partial charge in [-0.05, 0) is 29.8 Å². The van der Waals surface area contributed by atoms with Crippen molar-refractivity contribution in [3.8, 4) is 5.75 Å². The zero-order chi connectivity index (χ0) is 14.7. The van der Waals surface area contributed by atoms with E-state index < -0.39 is 0 Å². The van der Waals surface area contributed by atoms with Crippen LogP contribution in [0.15, 0.2) is 35.7 Å². The molecule has 0 spiro atoms. The zero-order valence-corrected chi connectivity index (χ0v) is 11.2. The molecule has 8 nitrogen and oxygen atoms in total. The van der Waals surface area contributed by atoms with Gasteiger partial charge in [0, 0.05) is 0 Å². The van der Waals surface area contributed by atoms with E-state index in [1.165, 1.54) is 6.33 Å². The van der Waals surface area contributed by atoms with E-state index in [9.17, 15) is 0 Å². The molecule has 2 heterocycles. The summed E-state index contributed by atoms with van der Waals surface area (Å²) in [7, 11) is 1.62. The molecule has 4 N–H and O–H groups in total. The van der Waals surface area contributed by atoms with E-state index in [0.717, 1.165) is 11.3 Å². The number of aromatic amines is 1. The van der Waals surface area contributed by atoms with Gasteiger partial charge in [-0.15, -0.1) is 0 Å². The molecular formula is C13H13N7O. The Morgan fingerprint density at radius 2 is 2.10 bits per heavy atom. The van der Waals surface area contributed by atoms with Crippen molar-refractivity contribution < 1.29 is 4.74 Å². The van der Waals surface area contributed by atoms with Gasteiger partial charge in [-0.2, -0.15) is 15.1 Å². The van der Waals surface area contributed by atoms with Gasteiger partial charge in [-0.25, -0.2) is 4.98 Å². The van der Waals surface area contributed by atoms with Crippen molar-refractivity contribution >= 4 is 29.1 Å². The van der Waals surface area contributed by atoms with Crippen LogP contribution in [0, 0.1) is 0 Å². The number of hydrogen-bond donors (Lipinski definition) is 3. The fourth-order valence-corrected chi connectivity index (χ4v) is 1.79. The number of hydrogen-bond acceptors (Lipinski definition) is 7. The zero-order valence-electron chi connectivity index (χ0n) is 11.2. The highest BCUT2D eigenvalue weighted by molar-refractivity contribution is 5.85. The number of ether oxygens (including phenoxy) is 1. The molecule has 0 bridgehead atoms. The third-order valence-electron chi connectivity index (χ3n) is 2.80. The molecule has 0 fully saturated rings. The van der Waals surface area contributed by atoms with Crippen LogP contribution in [0.2, 0.25) is 0 Å². The summed E-state index contributed by atoms with van der Waals surface area (Å²) in [5.74, 6) is 1.39. The number of nitrogens with zero attached hydrogens (tertiary/aromatic N) is 4. The molecule has 8 heteroatoms. The molecule has 0 aliphatic rings. The minimum absolute atomic E-state index is 0.147. The number of rotatable bonds is 4. The number of nitrogens with two attached hydrogens (primary N) is 1. The van der Waals surface area contributed by atoms with Crippen LogP contribution in [-0.2, 0) is 0 Å². The lowest BCUT2D eigenvalue weighted by Gasteiger charge is -2.01. The number of fused-ring (bicyclic) bond motifs is 1. The third kappa shape index (κ3) is 2.73. The molecule has 0 radical (unpaired) electrons. The van der Waals surface area contributed by atoms with E-state index in [2.05, 4.69) is 30.5 Å². The standard InChI is InChI=1S/C13H13N7O/c1-21-9-4-2-8(3-5-9)6-17-20-12-10-11(16-7-15-10)18-13(14)19-12/h2-7H,1H3,(H4,14,15,16,18,19,20). The van der Waals surface area contributed by atoms with Crippen molar-refractivity contribution in [3.63, 3.8) is 0 Å². The molecule has 3 rings (SSSR count). The lowest BCUT2D eigenvalue weighted by Crippen LogP contribution is -2.01. The molecule has 106 valence electrons. The number of anilines is 2. The van der Waals surface area contributed by atoms with E-state index >= 15 is 0 Å². The summed E-state index contributed by atoms with van der Waals surface area (Å²) in [6.45, 7) is 0. The molecular weight excluding hydrogens is 270 g/mol. The Morgan fingerprint density at radius 1 is 1.29 bits per heavy atom. The summed E-state index contributed by atoms with van der Waals surface area (Å²) in [6.07, 6.45) is 3.19. The smallest absolute Gasteiger partial charge is 0.224 e. The summed E-state index contributed by atoms with van der Waals surface area (Å²) < 4.78 is 5.09. The van der Waals surface area contributed by atoms with E-state index in [-0.39, 0.29) is 5.95 Å². The second-order valence-corrected chi connectivity index (χ2v) is 4.17. The number of hydrazone groups is 1. The molecule has 0 saturated heterocycles. The molecule has 0 amide bonds. The average molecular weight is 283 g/mol. The van der Waals surface area contributed by atoms with Crippen molar-refractivity contribution in [2.75, 3.05) is 18.3 Å². The normalized spacial score (nSPS) is 11.1. The number of nitrogen functional groups attached to an aromatic ring is 1. The number of methoxy groups -OCH3 is 1. The average Bonchev–Trinajstić information content (AvgIpc) is 2.96. The Morgan fingerprint density at radius 3 is 2.86 bits per heavy atom. The number of imidazole rings is 1. The fraction of sp³-hybridized carbons (Fsp3) is 0.0769. The first-order valence-electron chi connectivity index (χ1n) is 6.16. The lowest BCUT2D eigenvalue weighted by molar-refractivity contribution is 0.415. The molecule has 21 heavy (non-hydrogen) atoms. The molecule has 0 aliphatic heterocycles. The SMILES string of the molecule is COc1ccc(C=NNc2nc(N)nc3[nH]cnc23)cc1. The maximum atomic E-state index is 5.62. The fourth-order valence-electron chi connectivity index (χ4n) is 1.79. The van der Waals surface area contributed by atoms with Crippen molar-refractivity contribution in [1.29, 1.82) is 0 Å². The Kier molecular flexibility index (Phi) is 3.34. The Bertz CT molecular complexity index is 779. The molecule has 0 atom stereocenters. The molecule has 0 saturated carbocycles. The predicted molar refractivity (Wildman–Crippen MR) is 80.3 cm³/mol. The summed E-state index contributed by atoms with van der Waals surface area (Å²) >= 11 is 0. The van der Waals surface area contributed by atoms with Gasteiger partial charge in [0.05, 0.1) is 19.7 Å². The molecule has 3 aromatic rings. The highest BCUT2D eigenvalue weighted by Gasteiger charge is 2.07.